The predicted molar refractivity (Wildman–Crippen MR) is 75.3 cm³/mol. The van der Waals surface area contributed by atoms with Gasteiger partial charge in [0, 0.05) is 18.3 Å². The van der Waals surface area contributed by atoms with Gasteiger partial charge in [-0.15, -0.1) is 11.3 Å². The van der Waals surface area contributed by atoms with Crippen LogP contribution < -0.4 is 10.1 Å². The van der Waals surface area contributed by atoms with Gasteiger partial charge in [0.1, 0.15) is 16.6 Å². The zero-order chi connectivity index (χ0) is 13.0. The van der Waals surface area contributed by atoms with Crippen molar-refractivity contribution in [2.75, 3.05) is 19.0 Å². The Labute approximate surface area is 118 Å². The van der Waals surface area contributed by atoms with Crippen LogP contribution in [0.4, 0.5) is 5.82 Å². The highest BCUT2D eigenvalue weighted by atomic mass is 79.9. The summed E-state index contributed by atoms with van der Waals surface area (Å²) in [6, 6.07) is 0. The third-order valence-corrected chi connectivity index (χ3v) is 4.12. The van der Waals surface area contributed by atoms with Crippen molar-refractivity contribution in [2.24, 2.45) is 0 Å². The first-order chi connectivity index (χ1) is 8.72. The standard InChI is InChI=1S/C11H13BrN4OS/c1-7-8(18-6-16-7)3-4-17-11-9(12)10(13-2)14-5-15-11/h5-6H,3-4H2,1-2H3,(H,13,14,15). The number of ether oxygens (including phenoxy) is 1. The van der Waals surface area contributed by atoms with Gasteiger partial charge in [-0.3, -0.25) is 0 Å². The lowest BCUT2D eigenvalue weighted by atomic mass is 10.3. The van der Waals surface area contributed by atoms with Crippen molar-refractivity contribution in [1.29, 1.82) is 0 Å². The number of nitrogens with zero attached hydrogens (tertiary/aromatic N) is 3. The average Bonchev–Trinajstić information content (AvgIpc) is 2.77. The molecule has 2 aromatic heterocycles. The summed E-state index contributed by atoms with van der Waals surface area (Å²) in [5.74, 6) is 1.27. The molecule has 0 aromatic carbocycles. The molecule has 7 heteroatoms. The fourth-order valence-electron chi connectivity index (χ4n) is 1.44. The minimum atomic E-state index is 0.552. The summed E-state index contributed by atoms with van der Waals surface area (Å²) >= 11 is 5.06. The highest BCUT2D eigenvalue weighted by Gasteiger charge is 2.09. The Morgan fingerprint density at radius 2 is 2.22 bits per heavy atom. The van der Waals surface area contributed by atoms with Gasteiger partial charge < -0.3 is 10.1 Å². The van der Waals surface area contributed by atoms with Gasteiger partial charge in [0.15, 0.2) is 0 Å². The van der Waals surface area contributed by atoms with Crippen LogP contribution in [0, 0.1) is 6.92 Å². The molecular weight excluding hydrogens is 316 g/mol. The SMILES string of the molecule is CNc1ncnc(OCCc2scnc2C)c1Br. The number of aromatic nitrogens is 3. The molecule has 0 amide bonds. The van der Waals surface area contributed by atoms with E-state index in [0.29, 0.717) is 18.3 Å². The van der Waals surface area contributed by atoms with E-state index in [1.54, 1.807) is 18.4 Å². The number of hydrogen-bond acceptors (Lipinski definition) is 6. The van der Waals surface area contributed by atoms with Crippen molar-refractivity contribution in [3.05, 3.63) is 26.9 Å². The first-order valence-electron chi connectivity index (χ1n) is 5.42. The maximum absolute atomic E-state index is 5.65. The summed E-state index contributed by atoms with van der Waals surface area (Å²) in [6.45, 7) is 2.58. The van der Waals surface area contributed by atoms with Crippen LogP contribution in [-0.2, 0) is 6.42 Å². The van der Waals surface area contributed by atoms with Crippen LogP contribution in [0.15, 0.2) is 16.3 Å². The van der Waals surface area contributed by atoms with E-state index in [9.17, 15) is 0 Å². The Morgan fingerprint density at radius 1 is 1.39 bits per heavy atom. The summed E-state index contributed by atoms with van der Waals surface area (Å²) in [6.07, 6.45) is 2.31. The molecule has 0 saturated heterocycles. The van der Waals surface area contributed by atoms with Crippen molar-refractivity contribution >= 4 is 33.1 Å². The summed E-state index contributed by atoms with van der Waals surface area (Å²) in [4.78, 5) is 13.6. The molecule has 0 unspecified atom stereocenters. The molecule has 2 aromatic rings. The Hall–Kier alpha value is -1.21. The zero-order valence-corrected chi connectivity index (χ0v) is 12.5. The van der Waals surface area contributed by atoms with Crippen molar-refractivity contribution in [3.8, 4) is 5.88 Å². The predicted octanol–water partition coefficient (Wildman–Crippen LogP) is 2.67. The number of hydrogen-bond donors (Lipinski definition) is 1. The lowest BCUT2D eigenvalue weighted by molar-refractivity contribution is 0.307. The van der Waals surface area contributed by atoms with Gasteiger partial charge in [-0.05, 0) is 22.9 Å². The lowest BCUT2D eigenvalue weighted by Crippen LogP contribution is -2.05. The van der Waals surface area contributed by atoms with E-state index in [2.05, 4.69) is 36.2 Å². The van der Waals surface area contributed by atoms with E-state index in [4.69, 9.17) is 4.74 Å². The topological polar surface area (TPSA) is 59.9 Å². The maximum Gasteiger partial charge on any atom is 0.233 e. The highest BCUT2D eigenvalue weighted by Crippen LogP contribution is 2.28. The largest absolute Gasteiger partial charge is 0.476 e. The molecule has 1 N–H and O–H groups in total. The number of nitrogens with one attached hydrogen (secondary N) is 1. The van der Waals surface area contributed by atoms with Crippen LogP contribution in [0.25, 0.3) is 0 Å². The third kappa shape index (κ3) is 2.97. The molecule has 0 aliphatic carbocycles. The Bertz CT molecular complexity index is 532. The Kier molecular flexibility index (Phi) is 4.48. The van der Waals surface area contributed by atoms with Crippen LogP contribution in [0.5, 0.6) is 5.88 Å². The molecule has 0 atom stereocenters. The fraction of sp³-hybridized carbons (Fsp3) is 0.364. The molecule has 0 aliphatic rings. The smallest absolute Gasteiger partial charge is 0.233 e. The Balaban J connectivity index is 1.96. The molecule has 0 fully saturated rings. The van der Waals surface area contributed by atoms with Gasteiger partial charge in [-0.1, -0.05) is 0 Å². The van der Waals surface area contributed by atoms with Crippen LogP contribution >= 0.6 is 27.3 Å². The monoisotopic (exact) mass is 328 g/mol. The number of rotatable bonds is 5. The second-order valence-corrected chi connectivity index (χ2v) is 5.28. The molecule has 96 valence electrons. The molecular formula is C11H13BrN4OS. The fourth-order valence-corrected chi connectivity index (χ4v) is 2.72. The van der Waals surface area contributed by atoms with Gasteiger partial charge >= 0.3 is 0 Å². The van der Waals surface area contributed by atoms with Gasteiger partial charge in [-0.25, -0.2) is 15.0 Å². The first kappa shape index (κ1) is 13.2. The van der Waals surface area contributed by atoms with E-state index < -0.39 is 0 Å². The van der Waals surface area contributed by atoms with Crippen molar-refractivity contribution in [1.82, 2.24) is 15.0 Å². The quantitative estimate of drug-likeness (QED) is 0.914. The molecule has 0 spiro atoms. The summed E-state index contributed by atoms with van der Waals surface area (Å²) in [5.41, 5.74) is 2.92. The molecule has 0 radical (unpaired) electrons. The second kappa shape index (κ2) is 6.10. The zero-order valence-electron chi connectivity index (χ0n) is 10.1. The number of aryl methyl sites for hydroxylation is 1. The summed E-state index contributed by atoms with van der Waals surface area (Å²) < 4.78 is 6.39. The summed E-state index contributed by atoms with van der Waals surface area (Å²) in [7, 11) is 1.80. The van der Waals surface area contributed by atoms with Gasteiger partial charge in [0.25, 0.3) is 0 Å². The molecule has 5 nitrogen and oxygen atoms in total. The third-order valence-electron chi connectivity index (χ3n) is 2.41. The van der Waals surface area contributed by atoms with E-state index >= 15 is 0 Å². The number of anilines is 1. The minimum Gasteiger partial charge on any atom is -0.476 e. The van der Waals surface area contributed by atoms with Crippen molar-refractivity contribution in [3.63, 3.8) is 0 Å². The Morgan fingerprint density at radius 3 is 2.89 bits per heavy atom. The lowest BCUT2D eigenvalue weighted by Gasteiger charge is -2.08. The molecule has 2 heterocycles. The van der Waals surface area contributed by atoms with Gasteiger partial charge in [0.2, 0.25) is 5.88 Å². The molecule has 0 aliphatic heterocycles. The van der Waals surface area contributed by atoms with E-state index in [0.717, 1.165) is 16.6 Å². The summed E-state index contributed by atoms with van der Waals surface area (Å²) in [5, 5.41) is 2.96. The van der Waals surface area contributed by atoms with E-state index in [1.807, 2.05) is 12.4 Å². The minimum absolute atomic E-state index is 0.552. The molecule has 0 bridgehead atoms. The van der Waals surface area contributed by atoms with Crippen LogP contribution in [0.2, 0.25) is 0 Å². The van der Waals surface area contributed by atoms with Crippen LogP contribution in [0.3, 0.4) is 0 Å². The molecule has 18 heavy (non-hydrogen) atoms. The van der Waals surface area contributed by atoms with E-state index in [-0.39, 0.29) is 0 Å². The molecule has 0 saturated carbocycles. The van der Waals surface area contributed by atoms with Crippen molar-refractivity contribution in [2.45, 2.75) is 13.3 Å². The number of thiazole rings is 1. The van der Waals surface area contributed by atoms with Gasteiger partial charge in [-0.2, -0.15) is 0 Å². The molecule has 2 rings (SSSR count). The van der Waals surface area contributed by atoms with Gasteiger partial charge in [0.05, 0.1) is 17.8 Å². The van der Waals surface area contributed by atoms with E-state index in [1.165, 1.54) is 11.2 Å². The average molecular weight is 329 g/mol. The first-order valence-corrected chi connectivity index (χ1v) is 7.09. The second-order valence-electron chi connectivity index (χ2n) is 3.55. The normalized spacial score (nSPS) is 10.4. The van der Waals surface area contributed by atoms with Crippen molar-refractivity contribution < 1.29 is 4.74 Å². The highest BCUT2D eigenvalue weighted by molar-refractivity contribution is 9.10. The number of halogens is 1. The maximum atomic E-state index is 5.65. The van der Waals surface area contributed by atoms with Crippen LogP contribution in [-0.4, -0.2) is 28.6 Å². The van der Waals surface area contributed by atoms with Crippen LogP contribution in [0.1, 0.15) is 10.6 Å².